The number of carbonyl (C=O) groups is 1. The van der Waals surface area contributed by atoms with Crippen LogP contribution in [-0.2, 0) is 4.79 Å². The zero-order valence-corrected chi connectivity index (χ0v) is 16.3. The fraction of sp³-hybridized carbons (Fsp3) is 0.105. The predicted octanol–water partition coefficient (Wildman–Crippen LogP) is 4.91. The summed E-state index contributed by atoms with van der Waals surface area (Å²) in [6, 6.07) is 13.7. The quantitative estimate of drug-likeness (QED) is 0.359. The third-order valence-corrected chi connectivity index (χ3v) is 5.47. The zero-order chi connectivity index (χ0) is 18.1. The molecule has 1 amide bonds. The Hall–Kier alpha value is -2.38. The monoisotopic (exact) mass is 426 g/mol. The number of nitrogens with zero attached hydrogens (tertiary/aromatic N) is 2. The Bertz CT molecular complexity index is 1110. The van der Waals surface area contributed by atoms with Crippen molar-refractivity contribution in [1.82, 2.24) is 15.0 Å². The fourth-order valence-electron chi connectivity index (χ4n) is 2.72. The molecule has 0 saturated carbocycles. The van der Waals surface area contributed by atoms with E-state index >= 15 is 0 Å². The number of thioether (sulfide) groups is 1. The van der Waals surface area contributed by atoms with Crippen molar-refractivity contribution >= 4 is 61.2 Å². The van der Waals surface area contributed by atoms with Gasteiger partial charge in [-0.1, -0.05) is 45.4 Å². The molecule has 0 aliphatic rings. The van der Waals surface area contributed by atoms with Crippen LogP contribution in [0.3, 0.4) is 0 Å². The predicted molar refractivity (Wildman–Crippen MR) is 110 cm³/mol. The van der Waals surface area contributed by atoms with Crippen LogP contribution in [0.2, 0.25) is 0 Å². The van der Waals surface area contributed by atoms with Crippen LogP contribution in [0.5, 0.6) is 0 Å². The normalized spacial score (nSPS) is 11.2. The minimum atomic E-state index is -0.0653. The van der Waals surface area contributed by atoms with Gasteiger partial charge in [0.15, 0.2) is 0 Å². The van der Waals surface area contributed by atoms with Crippen molar-refractivity contribution in [3.63, 3.8) is 0 Å². The second kappa shape index (κ2) is 7.09. The summed E-state index contributed by atoms with van der Waals surface area (Å²) in [5.41, 5.74) is 4.66. The number of aromatic nitrogens is 3. The minimum Gasteiger partial charge on any atom is -0.351 e. The maximum Gasteiger partial charge on any atom is 0.234 e. The van der Waals surface area contributed by atoms with Gasteiger partial charge in [-0.3, -0.25) is 4.79 Å². The van der Waals surface area contributed by atoms with E-state index in [9.17, 15) is 4.79 Å². The number of halogens is 1. The molecule has 130 valence electrons. The van der Waals surface area contributed by atoms with Crippen LogP contribution in [0.15, 0.2) is 58.3 Å². The van der Waals surface area contributed by atoms with E-state index in [1.54, 1.807) is 0 Å². The van der Waals surface area contributed by atoms with E-state index in [1.165, 1.54) is 18.1 Å². The summed E-state index contributed by atoms with van der Waals surface area (Å²) in [7, 11) is 0. The lowest BCUT2D eigenvalue weighted by Gasteiger charge is -2.05. The van der Waals surface area contributed by atoms with Crippen molar-refractivity contribution in [3.05, 3.63) is 58.8 Å². The van der Waals surface area contributed by atoms with Crippen LogP contribution in [-0.4, -0.2) is 26.6 Å². The average Bonchev–Trinajstić information content (AvgIpc) is 3.00. The highest BCUT2D eigenvalue weighted by atomic mass is 79.9. The van der Waals surface area contributed by atoms with Crippen LogP contribution in [0.4, 0.5) is 5.69 Å². The summed E-state index contributed by atoms with van der Waals surface area (Å²) in [5, 5.41) is 4.70. The van der Waals surface area contributed by atoms with E-state index in [0.717, 1.165) is 42.7 Å². The SMILES string of the molecule is Cc1ccc(NC(=O)CSc2ncnc3c2[nH]c2ccc(Br)cc23)cc1. The van der Waals surface area contributed by atoms with E-state index in [4.69, 9.17) is 0 Å². The second-order valence-corrected chi connectivity index (χ2v) is 7.80. The molecule has 4 aromatic rings. The topological polar surface area (TPSA) is 70.7 Å². The molecule has 0 saturated heterocycles. The van der Waals surface area contributed by atoms with Crippen LogP contribution in [0.1, 0.15) is 5.56 Å². The molecule has 0 aliphatic carbocycles. The molecule has 2 heterocycles. The van der Waals surface area contributed by atoms with Gasteiger partial charge in [0.25, 0.3) is 0 Å². The fourth-order valence-corrected chi connectivity index (χ4v) is 3.83. The molecule has 0 unspecified atom stereocenters. The molecule has 4 rings (SSSR count). The van der Waals surface area contributed by atoms with Gasteiger partial charge in [0.1, 0.15) is 16.9 Å². The molecule has 5 nitrogen and oxygen atoms in total. The summed E-state index contributed by atoms with van der Waals surface area (Å²) in [6.45, 7) is 2.01. The highest BCUT2D eigenvalue weighted by Gasteiger charge is 2.13. The van der Waals surface area contributed by atoms with E-state index in [-0.39, 0.29) is 11.7 Å². The van der Waals surface area contributed by atoms with Crippen molar-refractivity contribution in [2.75, 3.05) is 11.1 Å². The summed E-state index contributed by atoms with van der Waals surface area (Å²) in [5.74, 6) is 0.212. The summed E-state index contributed by atoms with van der Waals surface area (Å²) < 4.78 is 0.996. The lowest BCUT2D eigenvalue weighted by Crippen LogP contribution is -2.14. The molecule has 2 aromatic carbocycles. The lowest BCUT2D eigenvalue weighted by molar-refractivity contribution is -0.113. The lowest BCUT2D eigenvalue weighted by atomic mass is 10.2. The highest BCUT2D eigenvalue weighted by Crippen LogP contribution is 2.31. The Balaban J connectivity index is 1.54. The Morgan fingerprint density at radius 3 is 2.81 bits per heavy atom. The van der Waals surface area contributed by atoms with Crippen molar-refractivity contribution < 1.29 is 4.79 Å². The van der Waals surface area contributed by atoms with Crippen molar-refractivity contribution in [2.24, 2.45) is 0 Å². The number of amides is 1. The second-order valence-electron chi connectivity index (χ2n) is 5.92. The number of rotatable bonds is 4. The molecular formula is C19H15BrN4OS. The molecule has 0 fully saturated rings. The smallest absolute Gasteiger partial charge is 0.234 e. The zero-order valence-electron chi connectivity index (χ0n) is 13.9. The maximum absolute atomic E-state index is 12.2. The van der Waals surface area contributed by atoms with E-state index in [1.807, 2.05) is 49.4 Å². The first kappa shape index (κ1) is 17.1. The highest BCUT2D eigenvalue weighted by molar-refractivity contribution is 9.10. The van der Waals surface area contributed by atoms with Gasteiger partial charge in [-0.2, -0.15) is 0 Å². The van der Waals surface area contributed by atoms with Gasteiger partial charge in [0.05, 0.1) is 11.3 Å². The van der Waals surface area contributed by atoms with Crippen molar-refractivity contribution in [3.8, 4) is 0 Å². The van der Waals surface area contributed by atoms with Crippen molar-refractivity contribution in [2.45, 2.75) is 11.9 Å². The largest absolute Gasteiger partial charge is 0.351 e. The number of H-pyrrole nitrogens is 1. The van der Waals surface area contributed by atoms with Gasteiger partial charge in [-0.05, 0) is 37.3 Å². The molecule has 0 aliphatic heterocycles. The summed E-state index contributed by atoms with van der Waals surface area (Å²) >= 11 is 4.89. The van der Waals surface area contributed by atoms with Crippen LogP contribution >= 0.6 is 27.7 Å². The molecule has 0 bridgehead atoms. The number of anilines is 1. The van der Waals surface area contributed by atoms with Crippen LogP contribution in [0, 0.1) is 6.92 Å². The van der Waals surface area contributed by atoms with Crippen LogP contribution in [0.25, 0.3) is 21.9 Å². The minimum absolute atomic E-state index is 0.0653. The summed E-state index contributed by atoms with van der Waals surface area (Å²) in [6.07, 6.45) is 1.54. The molecule has 2 N–H and O–H groups in total. The van der Waals surface area contributed by atoms with Gasteiger partial charge in [0.2, 0.25) is 5.91 Å². The third-order valence-electron chi connectivity index (χ3n) is 3.98. The molecule has 2 aromatic heterocycles. The van der Waals surface area contributed by atoms with Gasteiger partial charge in [-0.15, -0.1) is 0 Å². The Kier molecular flexibility index (Phi) is 4.65. The van der Waals surface area contributed by atoms with Gasteiger partial charge < -0.3 is 10.3 Å². The van der Waals surface area contributed by atoms with Gasteiger partial charge in [0, 0.05) is 21.1 Å². The molecule has 0 atom stereocenters. The van der Waals surface area contributed by atoms with E-state index in [2.05, 4.69) is 36.2 Å². The Morgan fingerprint density at radius 1 is 1.19 bits per heavy atom. The molecule has 7 heteroatoms. The number of fused-ring (bicyclic) bond motifs is 3. The standard InChI is InChI=1S/C19H15BrN4OS/c1-11-2-5-13(6-3-11)23-16(25)9-26-19-18-17(21-10-22-19)14-8-12(20)4-7-15(14)24-18/h2-8,10,24H,9H2,1H3,(H,23,25). The van der Waals surface area contributed by atoms with E-state index < -0.39 is 0 Å². The number of hydrogen-bond acceptors (Lipinski definition) is 4. The summed E-state index contributed by atoms with van der Waals surface area (Å²) in [4.78, 5) is 24.3. The molecular weight excluding hydrogens is 412 g/mol. The number of carbonyl (C=O) groups excluding carboxylic acids is 1. The first-order valence-corrected chi connectivity index (χ1v) is 9.79. The van der Waals surface area contributed by atoms with Gasteiger partial charge >= 0.3 is 0 Å². The number of hydrogen-bond donors (Lipinski definition) is 2. The number of benzene rings is 2. The Morgan fingerprint density at radius 2 is 2.00 bits per heavy atom. The van der Waals surface area contributed by atoms with Crippen LogP contribution < -0.4 is 5.32 Å². The molecule has 26 heavy (non-hydrogen) atoms. The molecule has 0 radical (unpaired) electrons. The third kappa shape index (κ3) is 3.45. The first-order chi connectivity index (χ1) is 12.6. The molecule has 0 spiro atoms. The maximum atomic E-state index is 12.2. The number of nitrogens with one attached hydrogen (secondary N) is 2. The Labute approximate surface area is 162 Å². The average molecular weight is 427 g/mol. The van der Waals surface area contributed by atoms with Gasteiger partial charge in [-0.25, -0.2) is 9.97 Å². The van der Waals surface area contributed by atoms with Crippen molar-refractivity contribution in [1.29, 1.82) is 0 Å². The van der Waals surface area contributed by atoms with E-state index in [0.29, 0.717) is 0 Å². The number of aromatic amines is 1. The number of aryl methyl sites for hydroxylation is 1. The first-order valence-electron chi connectivity index (χ1n) is 8.01.